The molecule has 5 heteroatoms. The number of nitrogens with zero attached hydrogens (tertiary/aromatic N) is 3. The SMILES string of the molecule is CCCNCc1cc(Oc2cnn(C(C)C)c2)ccn1. The highest BCUT2D eigenvalue weighted by molar-refractivity contribution is 5.28. The van der Waals surface area contributed by atoms with Crippen LogP contribution >= 0.6 is 0 Å². The molecule has 2 heterocycles. The van der Waals surface area contributed by atoms with Gasteiger partial charge in [-0.15, -0.1) is 0 Å². The van der Waals surface area contributed by atoms with Gasteiger partial charge in [-0.25, -0.2) is 0 Å². The fourth-order valence-corrected chi connectivity index (χ4v) is 1.80. The molecule has 0 unspecified atom stereocenters. The molecule has 0 fully saturated rings. The van der Waals surface area contributed by atoms with Crippen LogP contribution < -0.4 is 10.1 Å². The predicted molar refractivity (Wildman–Crippen MR) is 78.9 cm³/mol. The van der Waals surface area contributed by atoms with Crippen LogP contribution in [0, 0.1) is 0 Å². The standard InChI is InChI=1S/C15H22N4O/c1-4-6-16-9-13-8-14(5-7-17-13)20-15-10-18-19(11-15)12(2)3/h5,7-8,10-12,16H,4,6,9H2,1-3H3. The van der Waals surface area contributed by atoms with Crippen LogP contribution in [0.5, 0.6) is 11.5 Å². The zero-order valence-corrected chi connectivity index (χ0v) is 12.3. The number of rotatable bonds is 7. The van der Waals surface area contributed by atoms with Gasteiger partial charge >= 0.3 is 0 Å². The first-order chi connectivity index (χ1) is 9.69. The van der Waals surface area contributed by atoms with Crippen LogP contribution in [0.25, 0.3) is 0 Å². The van der Waals surface area contributed by atoms with Crippen LogP contribution in [0.15, 0.2) is 30.7 Å². The summed E-state index contributed by atoms with van der Waals surface area (Å²) in [5.41, 5.74) is 0.979. The third kappa shape index (κ3) is 4.06. The molecule has 0 radical (unpaired) electrons. The van der Waals surface area contributed by atoms with E-state index in [0.717, 1.165) is 36.7 Å². The maximum absolute atomic E-state index is 5.81. The zero-order valence-electron chi connectivity index (χ0n) is 12.3. The van der Waals surface area contributed by atoms with Gasteiger partial charge in [-0.2, -0.15) is 5.10 Å². The minimum absolute atomic E-state index is 0.332. The largest absolute Gasteiger partial charge is 0.454 e. The number of nitrogens with one attached hydrogen (secondary N) is 1. The summed E-state index contributed by atoms with van der Waals surface area (Å²) < 4.78 is 7.68. The van der Waals surface area contributed by atoms with E-state index in [1.165, 1.54) is 0 Å². The van der Waals surface area contributed by atoms with E-state index in [9.17, 15) is 0 Å². The second kappa shape index (κ2) is 7.05. The lowest BCUT2D eigenvalue weighted by Crippen LogP contribution is -2.14. The number of pyridine rings is 1. The summed E-state index contributed by atoms with van der Waals surface area (Å²) in [6.45, 7) is 8.07. The zero-order chi connectivity index (χ0) is 14.4. The van der Waals surface area contributed by atoms with Crippen LogP contribution in [-0.4, -0.2) is 21.3 Å². The molecule has 0 aromatic carbocycles. The Morgan fingerprint density at radius 3 is 2.90 bits per heavy atom. The Hall–Kier alpha value is -1.88. The van der Waals surface area contributed by atoms with Gasteiger partial charge in [-0.3, -0.25) is 9.67 Å². The summed E-state index contributed by atoms with van der Waals surface area (Å²) in [6, 6.07) is 4.14. The molecule has 0 spiro atoms. The van der Waals surface area contributed by atoms with Crippen molar-refractivity contribution in [2.24, 2.45) is 0 Å². The van der Waals surface area contributed by atoms with Gasteiger partial charge in [0.1, 0.15) is 5.75 Å². The van der Waals surface area contributed by atoms with Gasteiger partial charge in [0.15, 0.2) is 5.75 Å². The Labute approximate surface area is 120 Å². The number of hydrogen-bond donors (Lipinski definition) is 1. The van der Waals surface area contributed by atoms with Crippen molar-refractivity contribution < 1.29 is 4.74 Å². The van der Waals surface area contributed by atoms with Gasteiger partial charge in [0.05, 0.1) is 18.1 Å². The first kappa shape index (κ1) is 14.5. The third-order valence-electron chi connectivity index (χ3n) is 2.86. The van der Waals surface area contributed by atoms with Crippen molar-refractivity contribution in [3.8, 4) is 11.5 Å². The Kier molecular flexibility index (Phi) is 5.12. The molecule has 2 aromatic rings. The van der Waals surface area contributed by atoms with Crippen LogP contribution in [0.1, 0.15) is 38.9 Å². The second-order valence-corrected chi connectivity index (χ2v) is 5.01. The average Bonchev–Trinajstić information content (AvgIpc) is 2.88. The topological polar surface area (TPSA) is 52.0 Å². The van der Waals surface area contributed by atoms with E-state index in [1.54, 1.807) is 12.4 Å². The number of ether oxygens (including phenoxy) is 1. The van der Waals surface area contributed by atoms with Gasteiger partial charge in [-0.05, 0) is 32.9 Å². The van der Waals surface area contributed by atoms with E-state index in [4.69, 9.17) is 4.74 Å². The molecule has 5 nitrogen and oxygen atoms in total. The molecule has 0 saturated carbocycles. The van der Waals surface area contributed by atoms with Crippen molar-refractivity contribution in [2.75, 3.05) is 6.54 Å². The molecule has 0 aliphatic rings. The monoisotopic (exact) mass is 274 g/mol. The Balaban J connectivity index is 1.99. The van der Waals surface area contributed by atoms with Gasteiger partial charge in [0.25, 0.3) is 0 Å². The molecule has 108 valence electrons. The van der Waals surface area contributed by atoms with Crippen molar-refractivity contribution >= 4 is 0 Å². The molecule has 0 bridgehead atoms. The molecule has 0 atom stereocenters. The molecule has 2 rings (SSSR count). The lowest BCUT2D eigenvalue weighted by atomic mass is 10.3. The lowest BCUT2D eigenvalue weighted by molar-refractivity contribution is 0.475. The highest BCUT2D eigenvalue weighted by Gasteiger charge is 2.04. The van der Waals surface area contributed by atoms with Crippen molar-refractivity contribution in [3.05, 3.63) is 36.4 Å². The highest BCUT2D eigenvalue weighted by Crippen LogP contribution is 2.21. The van der Waals surface area contributed by atoms with E-state index >= 15 is 0 Å². The normalized spacial score (nSPS) is 11.0. The van der Waals surface area contributed by atoms with E-state index < -0.39 is 0 Å². The smallest absolute Gasteiger partial charge is 0.165 e. The first-order valence-corrected chi connectivity index (χ1v) is 7.06. The van der Waals surface area contributed by atoms with Gasteiger partial charge < -0.3 is 10.1 Å². The second-order valence-electron chi connectivity index (χ2n) is 5.01. The Morgan fingerprint density at radius 1 is 1.35 bits per heavy atom. The molecule has 20 heavy (non-hydrogen) atoms. The molecule has 0 amide bonds. The maximum Gasteiger partial charge on any atom is 0.165 e. The fourth-order valence-electron chi connectivity index (χ4n) is 1.80. The van der Waals surface area contributed by atoms with E-state index in [1.807, 2.05) is 23.0 Å². The van der Waals surface area contributed by atoms with Crippen molar-refractivity contribution in [3.63, 3.8) is 0 Å². The number of aromatic nitrogens is 3. The average molecular weight is 274 g/mol. The molecule has 0 aliphatic heterocycles. The van der Waals surface area contributed by atoms with Crippen LogP contribution in [0.2, 0.25) is 0 Å². The van der Waals surface area contributed by atoms with Crippen LogP contribution in [0.4, 0.5) is 0 Å². The van der Waals surface area contributed by atoms with Crippen LogP contribution in [0.3, 0.4) is 0 Å². The third-order valence-corrected chi connectivity index (χ3v) is 2.86. The molecule has 1 N–H and O–H groups in total. The van der Waals surface area contributed by atoms with Gasteiger partial charge in [-0.1, -0.05) is 6.92 Å². The van der Waals surface area contributed by atoms with Crippen LogP contribution in [-0.2, 0) is 6.54 Å². The summed E-state index contributed by atoms with van der Waals surface area (Å²) in [4.78, 5) is 4.32. The van der Waals surface area contributed by atoms with E-state index in [0.29, 0.717) is 6.04 Å². The van der Waals surface area contributed by atoms with Crippen molar-refractivity contribution in [1.29, 1.82) is 0 Å². The first-order valence-electron chi connectivity index (χ1n) is 7.06. The van der Waals surface area contributed by atoms with E-state index in [2.05, 4.69) is 36.2 Å². The number of hydrogen-bond acceptors (Lipinski definition) is 4. The summed E-state index contributed by atoms with van der Waals surface area (Å²) in [6.07, 6.45) is 6.52. The van der Waals surface area contributed by atoms with Gasteiger partial charge in [0.2, 0.25) is 0 Å². The molecular weight excluding hydrogens is 252 g/mol. The minimum atomic E-state index is 0.332. The van der Waals surface area contributed by atoms with Gasteiger partial charge in [0, 0.05) is 24.8 Å². The fraction of sp³-hybridized carbons (Fsp3) is 0.467. The molecule has 0 aliphatic carbocycles. The lowest BCUT2D eigenvalue weighted by Gasteiger charge is -2.06. The molecule has 0 saturated heterocycles. The Morgan fingerprint density at radius 2 is 2.20 bits per heavy atom. The van der Waals surface area contributed by atoms with E-state index in [-0.39, 0.29) is 0 Å². The summed E-state index contributed by atoms with van der Waals surface area (Å²) in [5, 5.41) is 7.59. The molecule has 2 aromatic heterocycles. The minimum Gasteiger partial charge on any atom is -0.454 e. The van der Waals surface area contributed by atoms with Crippen molar-refractivity contribution in [1.82, 2.24) is 20.1 Å². The molecular formula is C15H22N4O. The van der Waals surface area contributed by atoms with Crippen molar-refractivity contribution in [2.45, 2.75) is 39.8 Å². The summed E-state index contributed by atoms with van der Waals surface area (Å²) >= 11 is 0. The summed E-state index contributed by atoms with van der Waals surface area (Å²) in [7, 11) is 0. The predicted octanol–water partition coefficient (Wildman–Crippen LogP) is 3.15. The Bertz CT molecular complexity index is 536. The summed E-state index contributed by atoms with van der Waals surface area (Å²) in [5.74, 6) is 1.54. The highest BCUT2D eigenvalue weighted by atomic mass is 16.5. The maximum atomic E-state index is 5.81. The quantitative estimate of drug-likeness (QED) is 0.788.